The molecular formula is C13H22N2O2. The van der Waals surface area contributed by atoms with E-state index in [-0.39, 0.29) is 29.4 Å². The molecule has 0 spiro atoms. The Morgan fingerprint density at radius 3 is 2.41 bits per heavy atom. The van der Waals surface area contributed by atoms with Crippen LogP contribution in [-0.2, 0) is 4.79 Å². The Bertz CT molecular complexity index is 322. The minimum absolute atomic E-state index is 0.0112. The molecule has 96 valence electrons. The number of urea groups is 1. The molecule has 0 aromatic heterocycles. The van der Waals surface area contributed by atoms with Crippen molar-refractivity contribution in [3.8, 4) is 0 Å². The second kappa shape index (κ2) is 4.00. The molecule has 0 bridgehead atoms. The Labute approximate surface area is 103 Å². The van der Waals surface area contributed by atoms with Crippen molar-refractivity contribution in [1.29, 1.82) is 0 Å². The van der Waals surface area contributed by atoms with Crippen LogP contribution in [0.3, 0.4) is 0 Å². The summed E-state index contributed by atoms with van der Waals surface area (Å²) >= 11 is 0. The molecule has 2 rings (SSSR count). The van der Waals surface area contributed by atoms with Crippen LogP contribution in [0, 0.1) is 5.41 Å². The monoisotopic (exact) mass is 238 g/mol. The van der Waals surface area contributed by atoms with Crippen molar-refractivity contribution in [2.24, 2.45) is 5.41 Å². The zero-order chi connectivity index (χ0) is 12.8. The normalized spacial score (nSPS) is 27.4. The van der Waals surface area contributed by atoms with Crippen molar-refractivity contribution >= 4 is 11.9 Å². The summed E-state index contributed by atoms with van der Waals surface area (Å²) in [5.41, 5.74) is -0.0695. The first kappa shape index (κ1) is 12.4. The molecule has 4 nitrogen and oxygen atoms in total. The average Bonchev–Trinajstić information content (AvgIpc) is 2.51. The Morgan fingerprint density at radius 1 is 1.24 bits per heavy atom. The molecular weight excluding hydrogens is 216 g/mol. The summed E-state index contributed by atoms with van der Waals surface area (Å²) in [7, 11) is 0. The smallest absolute Gasteiger partial charge is 0.312 e. The Hall–Kier alpha value is -1.06. The van der Waals surface area contributed by atoms with Gasteiger partial charge in [-0.1, -0.05) is 20.8 Å². The molecule has 2 atom stereocenters. The Morgan fingerprint density at radius 2 is 1.88 bits per heavy atom. The molecule has 2 aliphatic heterocycles. The second-order valence-electron chi connectivity index (χ2n) is 6.24. The first-order valence-electron chi connectivity index (χ1n) is 6.47. The summed E-state index contributed by atoms with van der Waals surface area (Å²) in [6.07, 6.45) is 2.91. The van der Waals surface area contributed by atoms with Gasteiger partial charge in [-0.15, -0.1) is 0 Å². The lowest BCUT2D eigenvalue weighted by Gasteiger charge is -2.33. The molecule has 0 aromatic rings. The fourth-order valence-electron chi connectivity index (χ4n) is 2.55. The predicted molar refractivity (Wildman–Crippen MR) is 65.5 cm³/mol. The van der Waals surface area contributed by atoms with Gasteiger partial charge in [-0.25, -0.2) is 4.79 Å². The minimum atomic E-state index is -0.180. The van der Waals surface area contributed by atoms with Crippen molar-refractivity contribution in [1.82, 2.24) is 9.80 Å². The first-order valence-corrected chi connectivity index (χ1v) is 6.47. The average molecular weight is 238 g/mol. The lowest BCUT2D eigenvalue weighted by molar-refractivity contribution is -0.131. The van der Waals surface area contributed by atoms with Gasteiger partial charge in [0.25, 0.3) is 5.91 Å². The van der Waals surface area contributed by atoms with Crippen LogP contribution in [-0.4, -0.2) is 40.4 Å². The predicted octanol–water partition coefficient (Wildman–Crippen LogP) is 2.24. The number of imide groups is 1. The van der Waals surface area contributed by atoms with E-state index in [1.54, 1.807) is 4.90 Å². The molecule has 0 aromatic carbocycles. The van der Waals surface area contributed by atoms with Gasteiger partial charge in [0.2, 0.25) is 0 Å². The largest absolute Gasteiger partial charge is 0.327 e. The van der Waals surface area contributed by atoms with E-state index >= 15 is 0 Å². The molecule has 0 saturated carbocycles. The van der Waals surface area contributed by atoms with E-state index in [4.69, 9.17) is 0 Å². The third kappa shape index (κ3) is 1.94. The summed E-state index contributed by atoms with van der Waals surface area (Å²) < 4.78 is 0. The van der Waals surface area contributed by atoms with E-state index in [1.165, 1.54) is 4.90 Å². The third-order valence-corrected chi connectivity index (χ3v) is 4.12. The van der Waals surface area contributed by atoms with Crippen molar-refractivity contribution in [3.05, 3.63) is 0 Å². The summed E-state index contributed by atoms with van der Waals surface area (Å²) in [4.78, 5) is 27.8. The van der Waals surface area contributed by atoms with E-state index in [1.807, 2.05) is 6.92 Å². The highest BCUT2D eigenvalue weighted by Crippen LogP contribution is 2.33. The molecule has 1 unspecified atom stereocenters. The maximum absolute atomic E-state index is 12.3. The van der Waals surface area contributed by atoms with Gasteiger partial charge in [0.05, 0.1) is 0 Å². The standard InChI is InChI=1S/C13H22N2O2/c1-9(13(2,3)4)15-11(16)10-7-5-6-8-14(10)12(15)17/h9-10H,5-8H2,1-4H3/t9?,10-/m1/s1. The number of carbonyl (C=O) groups excluding carboxylic acids is 2. The van der Waals surface area contributed by atoms with Gasteiger partial charge in [-0.2, -0.15) is 0 Å². The van der Waals surface area contributed by atoms with Gasteiger partial charge in [-0.3, -0.25) is 9.69 Å². The number of fused-ring (bicyclic) bond motifs is 1. The van der Waals surface area contributed by atoms with Crippen LogP contribution in [0.25, 0.3) is 0 Å². The molecule has 3 amide bonds. The number of hydrogen-bond donors (Lipinski definition) is 0. The van der Waals surface area contributed by atoms with E-state index < -0.39 is 0 Å². The zero-order valence-corrected chi connectivity index (χ0v) is 11.2. The quantitative estimate of drug-likeness (QED) is 0.657. The van der Waals surface area contributed by atoms with Gasteiger partial charge in [0.15, 0.2) is 0 Å². The fourth-order valence-corrected chi connectivity index (χ4v) is 2.55. The number of piperidine rings is 1. The molecule has 2 fully saturated rings. The third-order valence-electron chi connectivity index (χ3n) is 4.12. The summed E-state index contributed by atoms with van der Waals surface area (Å²) in [6, 6.07) is -0.309. The van der Waals surface area contributed by atoms with Gasteiger partial charge in [-0.05, 0) is 31.6 Å². The molecule has 2 saturated heterocycles. The fraction of sp³-hybridized carbons (Fsp3) is 0.846. The van der Waals surface area contributed by atoms with Gasteiger partial charge in [0.1, 0.15) is 6.04 Å². The van der Waals surface area contributed by atoms with Gasteiger partial charge < -0.3 is 4.90 Å². The molecule has 0 N–H and O–H groups in total. The van der Waals surface area contributed by atoms with Crippen LogP contribution in [0.5, 0.6) is 0 Å². The molecule has 17 heavy (non-hydrogen) atoms. The lowest BCUT2D eigenvalue weighted by Crippen LogP contribution is -2.46. The number of nitrogens with zero attached hydrogens (tertiary/aromatic N) is 2. The lowest BCUT2D eigenvalue weighted by atomic mass is 9.87. The Kier molecular flexibility index (Phi) is 2.92. The van der Waals surface area contributed by atoms with E-state index in [9.17, 15) is 9.59 Å². The van der Waals surface area contributed by atoms with Crippen LogP contribution in [0.2, 0.25) is 0 Å². The molecule has 0 radical (unpaired) electrons. The highest BCUT2D eigenvalue weighted by atomic mass is 16.2. The summed E-state index contributed by atoms with van der Waals surface area (Å²) in [5, 5.41) is 0. The van der Waals surface area contributed by atoms with Crippen molar-refractivity contribution in [2.75, 3.05) is 6.54 Å². The van der Waals surface area contributed by atoms with Crippen LogP contribution in [0.4, 0.5) is 4.79 Å². The van der Waals surface area contributed by atoms with Gasteiger partial charge in [0, 0.05) is 12.6 Å². The van der Waals surface area contributed by atoms with Crippen molar-refractivity contribution < 1.29 is 9.59 Å². The van der Waals surface area contributed by atoms with E-state index in [0.29, 0.717) is 0 Å². The molecule has 2 aliphatic rings. The summed E-state index contributed by atoms with van der Waals surface area (Å²) in [5.74, 6) is 0.0112. The maximum atomic E-state index is 12.3. The van der Waals surface area contributed by atoms with Crippen molar-refractivity contribution in [3.63, 3.8) is 0 Å². The molecule has 2 heterocycles. The molecule has 0 aliphatic carbocycles. The number of amides is 3. The topological polar surface area (TPSA) is 40.6 Å². The maximum Gasteiger partial charge on any atom is 0.327 e. The van der Waals surface area contributed by atoms with E-state index in [0.717, 1.165) is 25.8 Å². The summed E-state index contributed by atoms with van der Waals surface area (Å²) in [6.45, 7) is 8.90. The zero-order valence-electron chi connectivity index (χ0n) is 11.2. The van der Waals surface area contributed by atoms with Crippen LogP contribution in [0.1, 0.15) is 47.0 Å². The van der Waals surface area contributed by atoms with Gasteiger partial charge >= 0.3 is 6.03 Å². The number of hydrogen-bond acceptors (Lipinski definition) is 2. The van der Waals surface area contributed by atoms with E-state index in [2.05, 4.69) is 20.8 Å². The van der Waals surface area contributed by atoms with Crippen molar-refractivity contribution in [2.45, 2.75) is 59.0 Å². The minimum Gasteiger partial charge on any atom is -0.312 e. The number of rotatable bonds is 1. The highest BCUT2D eigenvalue weighted by molar-refractivity contribution is 6.04. The van der Waals surface area contributed by atoms with Crippen LogP contribution >= 0.6 is 0 Å². The second-order valence-corrected chi connectivity index (χ2v) is 6.24. The number of carbonyl (C=O) groups is 2. The highest BCUT2D eigenvalue weighted by Gasteiger charge is 2.49. The van der Waals surface area contributed by atoms with Crippen LogP contribution < -0.4 is 0 Å². The molecule has 4 heteroatoms. The van der Waals surface area contributed by atoms with Crippen LogP contribution in [0.15, 0.2) is 0 Å². The Balaban J connectivity index is 2.24. The first-order chi connectivity index (χ1) is 7.84. The SMILES string of the molecule is CC(N1C(=O)[C@H]2CCCCN2C1=O)C(C)(C)C.